The number of anilines is 2. The van der Waals surface area contributed by atoms with Crippen LogP contribution >= 0.6 is 37.2 Å². The molecule has 3 aliphatic rings. The number of benzene rings is 1. The molecule has 2 radical (unpaired) electrons. The van der Waals surface area contributed by atoms with Crippen LogP contribution in [0, 0.1) is 5.92 Å². The third-order valence-corrected chi connectivity index (χ3v) is 9.96. The minimum atomic E-state index is -4.32. The molecule has 3 aromatic rings. The molecule has 0 spiro atoms. The second kappa shape index (κ2) is 15.7. The van der Waals surface area contributed by atoms with Crippen LogP contribution in [-0.4, -0.2) is 60.5 Å². The van der Waals surface area contributed by atoms with E-state index >= 15 is 0 Å². The second-order valence-electron chi connectivity index (χ2n) is 11.7. The van der Waals surface area contributed by atoms with Gasteiger partial charge in [-0.2, -0.15) is 13.2 Å². The molecule has 1 saturated heterocycles. The second-order valence-corrected chi connectivity index (χ2v) is 13.2. The minimum absolute atomic E-state index is 0. The van der Waals surface area contributed by atoms with E-state index in [0.29, 0.717) is 40.5 Å². The Morgan fingerprint density at radius 3 is 2.23 bits per heavy atom. The molecule has 1 aromatic carbocycles. The Balaban J connectivity index is 0.00000169. The van der Waals surface area contributed by atoms with E-state index in [9.17, 15) is 13.2 Å². The predicted octanol–water partition coefficient (Wildman–Crippen LogP) is 7.82. The van der Waals surface area contributed by atoms with Gasteiger partial charge >= 0.3 is 182 Å². The van der Waals surface area contributed by atoms with E-state index in [1.165, 1.54) is 37.8 Å². The summed E-state index contributed by atoms with van der Waals surface area (Å²) < 4.78 is 43.4. The van der Waals surface area contributed by atoms with Crippen LogP contribution in [0.25, 0.3) is 11.2 Å². The number of hydrogen-bond donors (Lipinski definition) is 2. The first-order chi connectivity index (χ1) is 19.3. The molecular weight excluding hydrogens is 685 g/mol. The van der Waals surface area contributed by atoms with Gasteiger partial charge in [-0.15, -0.1) is 37.2 Å². The maximum absolute atomic E-state index is 13.5. The van der Waals surface area contributed by atoms with Gasteiger partial charge in [0.25, 0.3) is 0 Å². The molecule has 2 N–H and O–H groups in total. The molecular formula is C29H40AsCl3F3N7. The van der Waals surface area contributed by atoms with Crippen molar-refractivity contribution in [2.45, 2.75) is 93.6 Å². The summed E-state index contributed by atoms with van der Waals surface area (Å²) in [7, 11) is 0. The summed E-state index contributed by atoms with van der Waals surface area (Å²) in [5.41, 5.74) is 5.04. The zero-order chi connectivity index (χ0) is 27.7. The first-order valence-corrected chi connectivity index (χ1v) is 15.8. The molecule has 2 aliphatic carbocycles. The average Bonchev–Trinajstić information content (AvgIpc) is 3.61. The molecule has 0 amide bonds. The van der Waals surface area contributed by atoms with Crippen molar-refractivity contribution >= 4 is 77.0 Å². The Kier molecular flexibility index (Phi) is 13.2. The van der Waals surface area contributed by atoms with Gasteiger partial charge in [-0.1, -0.05) is 18.2 Å². The summed E-state index contributed by atoms with van der Waals surface area (Å²) in [5, 5.41) is 5.74. The first kappa shape index (κ1) is 36.0. The quantitative estimate of drug-likeness (QED) is 0.242. The van der Waals surface area contributed by atoms with Crippen LogP contribution in [0.1, 0.15) is 81.4 Å². The van der Waals surface area contributed by atoms with Crippen LogP contribution in [0.5, 0.6) is 0 Å². The zero-order valence-corrected chi connectivity index (χ0v) is 28.3. The van der Waals surface area contributed by atoms with Crippen molar-refractivity contribution < 1.29 is 13.2 Å². The molecule has 43 heavy (non-hydrogen) atoms. The van der Waals surface area contributed by atoms with Gasteiger partial charge in [-0.3, -0.25) is 0 Å². The van der Waals surface area contributed by atoms with Crippen molar-refractivity contribution in [2.75, 3.05) is 23.8 Å². The Hall–Kier alpha value is -1.45. The van der Waals surface area contributed by atoms with Gasteiger partial charge < -0.3 is 0 Å². The van der Waals surface area contributed by atoms with Gasteiger partial charge in [0.2, 0.25) is 0 Å². The number of hydrazine groups is 1. The number of hydrogen-bond acceptors (Lipinski definition) is 6. The van der Waals surface area contributed by atoms with Crippen LogP contribution in [0.3, 0.4) is 0 Å². The van der Waals surface area contributed by atoms with Gasteiger partial charge in [0.15, 0.2) is 0 Å². The Morgan fingerprint density at radius 1 is 0.884 bits per heavy atom. The molecule has 0 bridgehead atoms. The van der Waals surface area contributed by atoms with Crippen LogP contribution in [0.4, 0.5) is 24.9 Å². The standard InChI is InChI=1S/C29H37AsF3N7.3ClH/c30-21-9-11-22(12-10-21)35-28-36-26(25-27(37-28)40(18-34-25)23-6-2-3-7-23)38-39-15-13-19(14-16-39)17-20-5-1-4-8-24(20)29(31,32)33;;;/h1,4-5,8,18-19,21-23H,2-3,6-7,9-17H2,(H2,35,36,37,38);3*1H. The molecule has 0 atom stereocenters. The molecule has 1 aliphatic heterocycles. The fourth-order valence-corrected chi connectivity index (χ4v) is 7.22. The number of halogens is 6. The monoisotopic (exact) mass is 723 g/mol. The summed E-state index contributed by atoms with van der Waals surface area (Å²) in [5.74, 6) is 1.55. The van der Waals surface area contributed by atoms with Crippen molar-refractivity contribution in [2.24, 2.45) is 5.92 Å². The molecule has 2 aromatic heterocycles. The van der Waals surface area contributed by atoms with E-state index in [2.05, 4.69) is 37.2 Å². The van der Waals surface area contributed by atoms with Crippen molar-refractivity contribution in [3.63, 3.8) is 0 Å². The summed E-state index contributed by atoms with van der Waals surface area (Å²) >= 11 is 2.79. The van der Waals surface area contributed by atoms with Gasteiger partial charge in [-0.25, -0.2) is 0 Å². The summed E-state index contributed by atoms with van der Waals surface area (Å²) in [6.07, 6.45) is 9.00. The van der Waals surface area contributed by atoms with E-state index in [1.54, 1.807) is 12.1 Å². The third kappa shape index (κ3) is 8.63. The summed E-state index contributed by atoms with van der Waals surface area (Å²) in [6.45, 7) is 1.46. The average molecular weight is 725 g/mol. The van der Waals surface area contributed by atoms with Crippen molar-refractivity contribution in [1.29, 1.82) is 0 Å². The van der Waals surface area contributed by atoms with Crippen LogP contribution in [-0.2, 0) is 12.6 Å². The topological polar surface area (TPSA) is 70.9 Å². The molecule has 238 valence electrons. The van der Waals surface area contributed by atoms with Crippen LogP contribution in [0.2, 0.25) is 4.71 Å². The van der Waals surface area contributed by atoms with Crippen LogP contribution in [0.15, 0.2) is 30.6 Å². The summed E-state index contributed by atoms with van der Waals surface area (Å²) in [4.78, 5) is 14.6. The number of rotatable bonds is 7. The number of nitrogens with zero attached hydrogens (tertiary/aromatic N) is 5. The summed E-state index contributed by atoms with van der Waals surface area (Å²) in [6, 6.07) is 6.76. The SMILES string of the molecule is Cl.Cl.Cl.FC(F)(F)c1ccccc1CC1CCN(Nc2nc(NC3CCC([As])CC3)nc3c2ncn3C2CCCC2)CC1. The third-order valence-electron chi connectivity index (χ3n) is 8.88. The molecule has 0 unspecified atom stereocenters. The number of imidazole rings is 1. The molecule has 6 rings (SSSR count). The Labute approximate surface area is 278 Å². The zero-order valence-electron chi connectivity index (χ0n) is 23.9. The number of nitrogens with one attached hydrogen (secondary N) is 2. The normalized spacial score (nSPS) is 22.0. The number of aromatic nitrogens is 4. The Bertz CT molecular complexity index is 1310. The molecule has 14 heteroatoms. The molecule has 3 fully saturated rings. The molecule has 7 nitrogen and oxygen atoms in total. The number of alkyl halides is 3. The Morgan fingerprint density at radius 2 is 1.56 bits per heavy atom. The van der Waals surface area contributed by atoms with Crippen LogP contribution < -0.4 is 10.7 Å². The fourth-order valence-electron chi connectivity index (χ4n) is 6.60. The van der Waals surface area contributed by atoms with E-state index in [1.807, 2.05) is 6.33 Å². The van der Waals surface area contributed by atoms with Gasteiger partial charge in [0.05, 0.1) is 5.56 Å². The van der Waals surface area contributed by atoms with E-state index in [-0.39, 0.29) is 43.1 Å². The van der Waals surface area contributed by atoms with Gasteiger partial charge in [-0.05, 0) is 24.0 Å². The van der Waals surface area contributed by atoms with E-state index in [0.717, 1.165) is 62.8 Å². The number of fused-ring (bicyclic) bond motifs is 1. The fraction of sp³-hybridized carbons (Fsp3) is 0.621. The van der Waals surface area contributed by atoms with Crippen molar-refractivity contribution in [1.82, 2.24) is 24.5 Å². The molecule has 2 saturated carbocycles. The van der Waals surface area contributed by atoms with E-state index < -0.39 is 11.7 Å². The van der Waals surface area contributed by atoms with Crippen molar-refractivity contribution in [3.05, 3.63) is 41.7 Å². The molecule has 3 heterocycles. The maximum atomic E-state index is 13.5. The predicted molar refractivity (Wildman–Crippen MR) is 173 cm³/mol. The number of piperidine rings is 1. The van der Waals surface area contributed by atoms with Gasteiger partial charge in [0.1, 0.15) is 0 Å². The van der Waals surface area contributed by atoms with Crippen molar-refractivity contribution in [3.8, 4) is 0 Å². The van der Waals surface area contributed by atoms with Gasteiger partial charge in [0, 0.05) is 0 Å². The van der Waals surface area contributed by atoms with E-state index in [4.69, 9.17) is 15.0 Å². The first-order valence-electron chi connectivity index (χ1n) is 14.7.